The number of imidazole rings is 1. The van der Waals surface area contributed by atoms with E-state index in [0.29, 0.717) is 103 Å². The van der Waals surface area contributed by atoms with Crippen LogP contribution < -0.4 is 20.5 Å². The molecule has 0 aliphatic carbocycles. The van der Waals surface area contributed by atoms with Gasteiger partial charge in [0.2, 0.25) is 0 Å². The number of amides is 1. The summed E-state index contributed by atoms with van der Waals surface area (Å²) in [4.78, 5) is 17.7. The highest BCUT2D eigenvalue weighted by molar-refractivity contribution is 5.94. The molecular formula is C41H42F6N4O5. The second-order valence-corrected chi connectivity index (χ2v) is 12.6. The Morgan fingerprint density at radius 3 is 1.75 bits per heavy atom. The van der Waals surface area contributed by atoms with E-state index in [1.807, 2.05) is 0 Å². The number of rotatable bonds is 18. The summed E-state index contributed by atoms with van der Waals surface area (Å²) in [6, 6.07) is 21.5. The minimum Gasteiger partial charge on any atom is -0.497 e. The fourth-order valence-electron chi connectivity index (χ4n) is 5.83. The van der Waals surface area contributed by atoms with Crippen LogP contribution in [-0.2, 0) is 28.4 Å². The van der Waals surface area contributed by atoms with Gasteiger partial charge in [0.25, 0.3) is 5.91 Å². The molecule has 0 radical (unpaired) electrons. The van der Waals surface area contributed by atoms with E-state index < -0.39 is 23.5 Å². The van der Waals surface area contributed by atoms with Gasteiger partial charge in [0.1, 0.15) is 17.3 Å². The van der Waals surface area contributed by atoms with E-state index in [1.165, 1.54) is 14.2 Å². The Morgan fingerprint density at radius 2 is 1.23 bits per heavy atom. The Hall–Kier alpha value is -5.38. The third-order valence-corrected chi connectivity index (χ3v) is 8.71. The molecule has 0 saturated carbocycles. The zero-order valence-electron chi connectivity index (χ0n) is 30.8. The second-order valence-electron chi connectivity index (χ2n) is 12.6. The van der Waals surface area contributed by atoms with Crippen LogP contribution >= 0.6 is 0 Å². The third-order valence-electron chi connectivity index (χ3n) is 8.71. The van der Waals surface area contributed by atoms with Crippen molar-refractivity contribution in [3.8, 4) is 45.4 Å². The number of benzene rings is 4. The largest absolute Gasteiger partial charge is 0.497 e. The van der Waals surface area contributed by atoms with Crippen molar-refractivity contribution < 1.29 is 50.1 Å². The summed E-state index contributed by atoms with van der Waals surface area (Å²) in [6.07, 6.45) is -8.80. The number of methoxy groups -OCH3 is 2. The first-order chi connectivity index (χ1) is 26.8. The number of nitrogens with one attached hydrogen (secondary N) is 1. The zero-order valence-corrected chi connectivity index (χ0v) is 30.8. The fourth-order valence-corrected chi connectivity index (χ4v) is 5.83. The maximum Gasteiger partial charge on any atom is 0.416 e. The summed E-state index contributed by atoms with van der Waals surface area (Å²) in [6.45, 7) is 2.78. The summed E-state index contributed by atoms with van der Waals surface area (Å²) in [5.41, 5.74) is 4.89. The number of hydrogen-bond acceptors (Lipinski definition) is 7. The average molecular weight is 785 g/mol. The maximum atomic E-state index is 14.1. The first-order valence-corrected chi connectivity index (χ1v) is 17.7. The predicted octanol–water partition coefficient (Wildman–Crippen LogP) is 8.49. The summed E-state index contributed by atoms with van der Waals surface area (Å²) in [7, 11) is 2.99. The highest BCUT2D eigenvalue weighted by atomic mass is 19.4. The lowest BCUT2D eigenvalue weighted by molar-refractivity contribution is -0.143. The van der Waals surface area contributed by atoms with Crippen LogP contribution in [0.3, 0.4) is 0 Å². The molecule has 298 valence electrons. The van der Waals surface area contributed by atoms with Gasteiger partial charge < -0.3 is 34.6 Å². The standard InChI is InChI=1S/C41H42F6N4O5/c1-53-34-13-9-28(10-14-34)36-37(29-11-15-35(54-2)16-12-29)51(38(50-36)31-23-32(40(42,43)44)25-33(24-31)41(45,46)47)26-27-5-7-30(8-6-27)39(52)49-18-4-20-56-22-21-55-19-3-17-48/h5-16,23-25H,3-4,17-22,26,48H2,1-2H3,(H,49,52). The molecule has 0 bridgehead atoms. The van der Waals surface area contributed by atoms with E-state index in [0.717, 1.165) is 6.42 Å². The Bertz CT molecular complexity index is 2000. The highest BCUT2D eigenvalue weighted by Gasteiger charge is 2.38. The molecule has 0 saturated heterocycles. The smallest absolute Gasteiger partial charge is 0.416 e. The summed E-state index contributed by atoms with van der Waals surface area (Å²) in [5, 5.41) is 2.84. The lowest BCUT2D eigenvalue weighted by Gasteiger charge is -2.17. The van der Waals surface area contributed by atoms with Crippen LogP contribution in [0.25, 0.3) is 33.9 Å². The lowest BCUT2D eigenvalue weighted by Crippen LogP contribution is -2.25. The average Bonchev–Trinajstić information content (AvgIpc) is 3.56. The SMILES string of the molecule is COc1ccc(-c2nc(-c3cc(C(F)(F)F)cc(C(F)(F)F)c3)n(Cc3ccc(C(=O)NCCCOCCOCCCN)cc3)c2-c2ccc(OC)cc2)cc1. The van der Waals surface area contributed by atoms with Gasteiger partial charge in [-0.25, -0.2) is 4.98 Å². The van der Waals surface area contributed by atoms with Gasteiger partial charge in [-0.05, 0) is 104 Å². The molecule has 5 aromatic rings. The minimum absolute atomic E-state index is 0.0351. The van der Waals surface area contributed by atoms with Gasteiger partial charge in [-0.2, -0.15) is 26.3 Å². The molecule has 0 spiro atoms. The van der Waals surface area contributed by atoms with Crippen molar-refractivity contribution in [2.45, 2.75) is 31.7 Å². The molecule has 0 fully saturated rings. The molecular weight excluding hydrogens is 742 g/mol. The van der Waals surface area contributed by atoms with Crippen LogP contribution in [-0.4, -0.2) is 69.2 Å². The monoisotopic (exact) mass is 784 g/mol. The van der Waals surface area contributed by atoms with Crippen molar-refractivity contribution in [3.63, 3.8) is 0 Å². The lowest BCUT2D eigenvalue weighted by atomic mass is 10.0. The van der Waals surface area contributed by atoms with E-state index in [-0.39, 0.29) is 29.9 Å². The number of nitrogens with zero attached hydrogens (tertiary/aromatic N) is 2. The number of carbonyl (C=O) groups excluding carboxylic acids is 1. The first kappa shape index (κ1) is 41.8. The molecule has 15 heteroatoms. The Balaban J connectivity index is 1.51. The van der Waals surface area contributed by atoms with Crippen LogP contribution in [0.5, 0.6) is 11.5 Å². The van der Waals surface area contributed by atoms with Crippen LogP contribution in [0.4, 0.5) is 26.3 Å². The van der Waals surface area contributed by atoms with Crippen LogP contribution in [0, 0.1) is 0 Å². The molecule has 0 unspecified atom stereocenters. The van der Waals surface area contributed by atoms with Crippen LogP contribution in [0.2, 0.25) is 0 Å². The first-order valence-electron chi connectivity index (χ1n) is 17.7. The van der Waals surface area contributed by atoms with Gasteiger partial charge in [0, 0.05) is 48.6 Å². The normalized spacial score (nSPS) is 11.8. The number of carbonyl (C=O) groups is 1. The Kier molecular flexibility index (Phi) is 14.2. The number of ether oxygens (including phenoxy) is 4. The highest BCUT2D eigenvalue weighted by Crippen LogP contribution is 2.42. The second kappa shape index (κ2) is 19.0. The zero-order chi connectivity index (χ0) is 40.3. The Morgan fingerprint density at radius 1 is 0.696 bits per heavy atom. The van der Waals surface area contributed by atoms with Crippen molar-refractivity contribution in [1.29, 1.82) is 0 Å². The molecule has 1 amide bonds. The molecule has 9 nitrogen and oxygen atoms in total. The van der Waals surface area contributed by atoms with Crippen molar-refractivity contribution >= 4 is 5.91 Å². The fraction of sp³-hybridized carbons (Fsp3) is 0.317. The van der Waals surface area contributed by atoms with E-state index in [4.69, 9.17) is 29.7 Å². The number of nitrogens with two attached hydrogens (primary N) is 1. The molecule has 0 aliphatic heterocycles. The van der Waals surface area contributed by atoms with Gasteiger partial charge in [0.15, 0.2) is 0 Å². The quantitative estimate of drug-likeness (QED) is 0.0678. The van der Waals surface area contributed by atoms with Crippen molar-refractivity contribution in [3.05, 3.63) is 113 Å². The summed E-state index contributed by atoms with van der Waals surface area (Å²) in [5.74, 6) is 0.604. The molecule has 1 heterocycles. The van der Waals surface area contributed by atoms with Crippen LogP contribution in [0.15, 0.2) is 91.0 Å². The molecule has 4 aromatic carbocycles. The van der Waals surface area contributed by atoms with E-state index in [1.54, 1.807) is 77.4 Å². The number of aromatic nitrogens is 2. The number of alkyl halides is 6. The number of hydrogen-bond donors (Lipinski definition) is 2. The van der Waals surface area contributed by atoms with Crippen molar-refractivity contribution in [2.75, 3.05) is 53.7 Å². The molecule has 0 aliphatic rings. The van der Waals surface area contributed by atoms with Gasteiger partial charge >= 0.3 is 12.4 Å². The molecule has 0 atom stereocenters. The van der Waals surface area contributed by atoms with Gasteiger partial charge in [-0.3, -0.25) is 4.79 Å². The van der Waals surface area contributed by atoms with Gasteiger partial charge in [-0.15, -0.1) is 0 Å². The molecule has 1 aromatic heterocycles. The van der Waals surface area contributed by atoms with Crippen LogP contribution in [0.1, 0.15) is 39.9 Å². The van der Waals surface area contributed by atoms with E-state index in [2.05, 4.69) is 5.32 Å². The Labute approximate surface area is 320 Å². The summed E-state index contributed by atoms with van der Waals surface area (Å²) < 4.78 is 108. The van der Waals surface area contributed by atoms with Crippen molar-refractivity contribution in [2.24, 2.45) is 5.73 Å². The predicted molar refractivity (Wildman–Crippen MR) is 199 cm³/mol. The minimum atomic E-state index is -5.08. The third kappa shape index (κ3) is 10.9. The maximum absolute atomic E-state index is 14.1. The number of halogens is 6. The van der Waals surface area contributed by atoms with Gasteiger partial charge in [-0.1, -0.05) is 12.1 Å². The molecule has 56 heavy (non-hydrogen) atoms. The van der Waals surface area contributed by atoms with Crippen molar-refractivity contribution in [1.82, 2.24) is 14.9 Å². The topological polar surface area (TPSA) is 110 Å². The molecule has 5 rings (SSSR count). The van der Waals surface area contributed by atoms with Gasteiger partial charge in [0.05, 0.1) is 49.9 Å². The van der Waals surface area contributed by atoms with E-state index >= 15 is 0 Å². The van der Waals surface area contributed by atoms with E-state index in [9.17, 15) is 31.1 Å². The summed E-state index contributed by atoms with van der Waals surface area (Å²) >= 11 is 0. The molecule has 3 N–H and O–H groups in total.